The minimum Gasteiger partial charge on any atom is -0.477 e. The molecule has 0 atom stereocenters. The highest BCUT2D eigenvalue weighted by atomic mass is 16.4. The van der Waals surface area contributed by atoms with Crippen LogP contribution in [0.5, 0.6) is 0 Å². The van der Waals surface area contributed by atoms with Crippen molar-refractivity contribution in [1.82, 2.24) is 0 Å². The lowest BCUT2D eigenvalue weighted by atomic mass is 10.2. The SMILES string of the molecule is O=C(O)C(C#CC#Cc1ccccc1)=CC#Cc1ccccc1. The van der Waals surface area contributed by atoms with Crippen LogP contribution in [-0.4, -0.2) is 11.1 Å². The quantitative estimate of drug-likeness (QED) is 0.648. The summed E-state index contributed by atoms with van der Waals surface area (Å²) < 4.78 is 0. The fourth-order valence-corrected chi connectivity index (χ4v) is 1.59. The number of carboxylic acid groups (broad SMARTS) is 1. The summed E-state index contributed by atoms with van der Waals surface area (Å²) in [6.07, 6.45) is 1.28. The van der Waals surface area contributed by atoms with Gasteiger partial charge in [-0.05, 0) is 42.0 Å². The van der Waals surface area contributed by atoms with Crippen molar-refractivity contribution in [3.05, 3.63) is 83.4 Å². The maximum Gasteiger partial charge on any atom is 0.344 e. The Bertz CT molecular complexity index is 888. The largest absolute Gasteiger partial charge is 0.477 e. The van der Waals surface area contributed by atoms with Crippen LogP contribution in [0.25, 0.3) is 0 Å². The fourth-order valence-electron chi connectivity index (χ4n) is 1.59. The maximum atomic E-state index is 11.1. The minimum atomic E-state index is -1.12. The van der Waals surface area contributed by atoms with Gasteiger partial charge in [-0.2, -0.15) is 0 Å². The standard InChI is InChI=1S/C21H12O2/c22-21(23)20(17-9-15-19-12-5-2-6-13-19)16-8-7-14-18-10-3-1-4-11-18/h1-6,10-13,17H,(H,22,23). The van der Waals surface area contributed by atoms with E-state index in [0.29, 0.717) is 0 Å². The number of benzene rings is 2. The lowest BCUT2D eigenvalue weighted by Gasteiger charge is -1.87. The lowest BCUT2D eigenvalue weighted by Crippen LogP contribution is -1.97. The smallest absolute Gasteiger partial charge is 0.344 e. The fraction of sp³-hybridized carbons (Fsp3) is 0. The molecule has 0 saturated heterocycles. The molecule has 108 valence electrons. The molecule has 0 spiro atoms. The van der Waals surface area contributed by atoms with Crippen molar-refractivity contribution in [2.75, 3.05) is 0 Å². The van der Waals surface area contributed by atoms with E-state index in [1.807, 2.05) is 60.7 Å². The molecule has 0 aliphatic heterocycles. The summed E-state index contributed by atoms with van der Waals surface area (Å²) in [5.74, 6) is 14.9. The molecular formula is C21H12O2. The topological polar surface area (TPSA) is 37.3 Å². The monoisotopic (exact) mass is 296 g/mol. The molecule has 0 saturated carbocycles. The molecule has 0 unspecified atom stereocenters. The van der Waals surface area contributed by atoms with Gasteiger partial charge in [0.2, 0.25) is 0 Å². The summed E-state index contributed by atoms with van der Waals surface area (Å²) in [6.45, 7) is 0. The van der Waals surface area contributed by atoms with Gasteiger partial charge in [0.1, 0.15) is 5.57 Å². The summed E-state index contributed by atoms with van der Waals surface area (Å²) in [4.78, 5) is 11.1. The molecule has 0 aliphatic carbocycles. The Kier molecular flexibility index (Phi) is 5.86. The zero-order chi connectivity index (χ0) is 16.3. The molecule has 2 heteroatoms. The molecule has 1 N–H and O–H groups in total. The minimum absolute atomic E-state index is 0.0872. The van der Waals surface area contributed by atoms with E-state index in [4.69, 9.17) is 5.11 Å². The molecule has 0 bridgehead atoms. The van der Waals surface area contributed by atoms with Crippen LogP contribution in [0.2, 0.25) is 0 Å². The van der Waals surface area contributed by atoms with Crippen molar-refractivity contribution in [3.63, 3.8) is 0 Å². The molecule has 0 aromatic heterocycles. The number of rotatable bonds is 1. The van der Waals surface area contributed by atoms with Gasteiger partial charge in [-0.15, -0.1) is 0 Å². The predicted octanol–water partition coefficient (Wildman–Crippen LogP) is 3.10. The van der Waals surface area contributed by atoms with Crippen LogP contribution in [0, 0.1) is 35.5 Å². The van der Waals surface area contributed by atoms with E-state index in [2.05, 4.69) is 35.5 Å². The van der Waals surface area contributed by atoms with Gasteiger partial charge in [0.15, 0.2) is 0 Å². The Morgan fingerprint density at radius 1 is 0.826 bits per heavy atom. The molecule has 2 aromatic rings. The second-order valence-electron chi connectivity index (χ2n) is 4.36. The van der Waals surface area contributed by atoms with E-state index in [-0.39, 0.29) is 5.57 Å². The van der Waals surface area contributed by atoms with Crippen molar-refractivity contribution < 1.29 is 9.90 Å². The Labute approximate surface area is 135 Å². The normalized spacial score (nSPS) is 9.30. The first-order chi connectivity index (χ1) is 11.3. The van der Waals surface area contributed by atoms with Crippen molar-refractivity contribution in [2.24, 2.45) is 0 Å². The van der Waals surface area contributed by atoms with Gasteiger partial charge in [0.05, 0.1) is 0 Å². The van der Waals surface area contributed by atoms with Gasteiger partial charge >= 0.3 is 5.97 Å². The van der Waals surface area contributed by atoms with Crippen LogP contribution < -0.4 is 0 Å². The van der Waals surface area contributed by atoms with Gasteiger partial charge < -0.3 is 5.11 Å². The van der Waals surface area contributed by atoms with E-state index in [9.17, 15) is 4.79 Å². The third kappa shape index (κ3) is 5.68. The molecular weight excluding hydrogens is 284 g/mol. The van der Waals surface area contributed by atoms with E-state index < -0.39 is 5.97 Å². The van der Waals surface area contributed by atoms with Gasteiger partial charge in [-0.1, -0.05) is 54.2 Å². The molecule has 0 aliphatic rings. The molecule has 0 fully saturated rings. The maximum absolute atomic E-state index is 11.1. The molecule has 23 heavy (non-hydrogen) atoms. The number of carboxylic acids is 1. The summed E-state index contributed by atoms with van der Waals surface area (Å²) >= 11 is 0. The average molecular weight is 296 g/mol. The highest BCUT2D eigenvalue weighted by Crippen LogP contribution is 1.97. The Morgan fingerprint density at radius 2 is 1.39 bits per heavy atom. The van der Waals surface area contributed by atoms with Crippen molar-refractivity contribution in [1.29, 1.82) is 0 Å². The highest BCUT2D eigenvalue weighted by molar-refractivity contribution is 5.92. The zero-order valence-electron chi connectivity index (χ0n) is 12.2. The Balaban J connectivity index is 2.13. The molecule has 0 radical (unpaired) electrons. The van der Waals surface area contributed by atoms with Crippen LogP contribution >= 0.6 is 0 Å². The van der Waals surface area contributed by atoms with Gasteiger partial charge in [-0.25, -0.2) is 4.79 Å². The molecule has 0 amide bonds. The third-order valence-corrected chi connectivity index (χ3v) is 2.68. The second-order valence-corrected chi connectivity index (χ2v) is 4.36. The molecule has 2 aromatic carbocycles. The molecule has 2 rings (SSSR count). The number of allylic oxidation sites excluding steroid dienone is 1. The van der Waals surface area contributed by atoms with E-state index in [1.165, 1.54) is 6.08 Å². The molecule has 2 nitrogen and oxygen atoms in total. The van der Waals surface area contributed by atoms with Gasteiger partial charge in [0, 0.05) is 17.2 Å². The number of aliphatic carboxylic acids is 1. The Morgan fingerprint density at radius 3 is 1.96 bits per heavy atom. The van der Waals surface area contributed by atoms with E-state index in [1.54, 1.807) is 0 Å². The van der Waals surface area contributed by atoms with Crippen LogP contribution in [0.4, 0.5) is 0 Å². The first kappa shape index (κ1) is 15.7. The summed E-state index contributed by atoms with van der Waals surface area (Å²) in [5.41, 5.74) is 1.55. The van der Waals surface area contributed by atoms with Gasteiger partial charge in [-0.3, -0.25) is 0 Å². The summed E-state index contributed by atoms with van der Waals surface area (Å²) in [5, 5.41) is 9.10. The zero-order valence-corrected chi connectivity index (χ0v) is 12.2. The number of hydrogen-bond donors (Lipinski definition) is 1. The average Bonchev–Trinajstić information content (AvgIpc) is 2.58. The summed E-state index contributed by atoms with van der Waals surface area (Å²) in [7, 11) is 0. The third-order valence-electron chi connectivity index (χ3n) is 2.68. The van der Waals surface area contributed by atoms with Crippen molar-refractivity contribution >= 4 is 5.97 Å². The van der Waals surface area contributed by atoms with Crippen molar-refractivity contribution in [2.45, 2.75) is 0 Å². The first-order valence-electron chi connectivity index (χ1n) is 6.83. The summed E-state index contributed by atoms with van der Waals surface area (Å²) in [6, 6.07) is 18.7. The van der Waals surface area contributed by atoms with Crippen molar-refractivity contribution in [3.8, 4) is 35.5 Å². The predicted molar refractivity (Wildman–Crippen MR) is 90.1 cm³/mol. The highest BCUT2D eigenvalue weighted by Gasteiger charge is 2.00. The first-order valence-corrected chi connectivity index (χ1v) is 6.83. The van der Waals surface area contributed by atoms with Crippen LogP contribution in [-0.2, 0) is 4.79 Å². The number of carbonyl (C=O) groups is 1. The van der Waals surface area contributed by atoms with E-state index in [0.717, 1.165) is 11.1 Å². The second kappa shape index (κ2) is 8.58. The van der Waals surface area contributed by atoms with Gasteiger partial charge in [0.25, 0.3) is 0 Å². The van der Waals surface area contributed by atoms with Crippen LogP contribution in [0.15, 0.2) is 72.3 Å². The lowest BCUT2D eigenvalue weighted by molar-refractivity contribution is -0.132. The van der Waals surface area contributed by atoms with Crippen LogP contribution in [0.1, 0.15) is 11.1 Å². The van der Waals surface area contributed by atoms with Crippen LogP contribution in [0.3, 0.4) is 0 Å². The molecule has 0 heterocycles. The van der Waals surface area contributed by atoms with E-state index >= 15 is 0 Å². The Hall–Kier alpha value is -3.67. The number of hydrogen-bond acceptors (Lipinski definition) is 1.